The van der Waals surface area contributed by atoms with Crippen molar-refractivity contribution in [3.63, 3.8) is 0 Å². The van der Waals surface area contributed by atoms with E-state index in [1.54, 1.807) is 0 Å². The van der Waals surface area contributed by atoms with Crippen LogP contribution in [0.15, 0.2) is 0 Å². The SMILES string of the molecule is CCCCCCCCCCCCCCOC(=O)CN(C)C(=O)OC. The van der Waals surface area contributed by atoms with Gasteiger partial charge in [-0.2, -0.15) is 0 Å². The molecule has 0 aliphatic carbocycles. The Hall–Kier alpha value is -1.26. The first-order valence-electron chi connectivity index (χ1n) is 9.56. The second-order valence-corrected chi connectivity index (χ2v) is 6.44. The van der Waals surface area contributed by atoms with Crippen molar-refractivity contribution in [1.82, 2.24) is 4.90 Å². The quantitative estimate of drug-likeness (QED) is 0.312. The third-order valence-corrected chi connectivity index (χ3v) is 4.11. The predicted molar refractivity (Wildman–Crippen MR) is 97.1 cm³/mol. The van der Waals surface area contributed by atoms with Gasteiger partial charge in [0.25, 0.3) is 0 Å². The summed E-state index contributed by atoms with van der Waals surface area (Å²) in [6, 6.07) is 0. The summed E-state index contributed by atoms with van der Waals surface area (Å²) in [5, 5.41) is 0. The molecule has 0 unspecified atom stereocenters. The fourth-order valence-electron chi connectivity index (χ4n) is 2.59. The van der Waals surface area contributed by atoms with Gasteiger partial charge in [0.05, 0.1) is 13.7 Å². The lowest BCUT2D eigenvalue weighted by molar-refractivity contribution is -0.144. The molecule has 0 aliphatic heterocycles. The number of methoxy groups -OCH3 is 1. The molecule has 0 aliphatic rings. The maximum Gasteiger partial charge on any atom is 0.409 e. The second-order valence-electron chi connectivity index (χ2n) is 6.44. The van der Waals surface area contributed by atoms with E-state index in [9.17, 15) is 9.59 Å². The van der Waals surface area contributed by atoms with E-state index in [1.807, 2.05) is 0 Å². The largest absolute Gasteiger partial charge is 0.464 e. The highest BCUT2D eigenvalue weighted by molar-refractivity contribution is 5.77. The minimum Gasteiger partial charge on any atom is -0.464 e. The van der Waals surface area contributed by atoms with Crippen LogP contribution in [0.3, 0.4) is 0 Å². The van der Waals surface area contributed by atoms with Crippen LogP contribution in [0.5, 0.6) is 0 Å². The first-order valence-corrected chi connectivity index (χ1v) is 9.56. The van der Waals surface area contributed by atoms with Crippen molar-refractivity contribution in [2.24, 2.45) is 0 Å². The molecule has 0 aromatic carbocycles. The maximum atomic E-state index is 11.5. The Kier molecular flexibility index (Phi) is 15.7. The fourth-order valence-corrected chi connectivity index (χ4v) is 2.59. The highest BCUT2D eigenvalue weighted by Gasteiger charge is 2.13. The van der Waals surface area contributed by atoms with Crippen LogP contribution in [0.25, 0.3) is 0 Å². The molecule has 142 valence electrons. The lowest BCUT2D eigenvalue weighted by Gasteiger charge is -2.14. The Labute approximate surface area is 148 Å². The predicted octanol–water partition coefficient (Wildman–Crippen LogP) is 4.93. The molecular formula is C19H37NO4. The summed E-state index contributed by atoms with van der Waals surface area (Å²) in [7, 11) is 2.80. The van der Waals surface area contributed by atoms with Crippen molar-refractivity contribution in [3.8, 4) is 0 Å². The average Bonchev–Trinajstić information content (AvgIpc) is 2.58. The number of hydrogen-bond acceptors (Lipinski definition) is 4. The maximum absolute atomic E-state index is 11.5. The van der Waals surface area contributed by atoms with E-state index in [4.69, 9.17) is 4.74 Å². The molecular weight excluding hydrogens is 306 g/mol. The lowest BCUT2D eigenvalue weighted by atomic mass is 10.1. The molecule has 0 spiro atoms. The zero-order valence-corrected chi connectivity index (χ0v) is 16.0. The number of amides is 1. The minimum atomic E-state index is -0.530. The van der Waals surface area contributed by atoms with E-state index in [2.05, 4.69) is 11.7 Å². The first kappa shape index (κ1) is 22.7. The van der Waals surface area contributed by atoms with Crippen molar-refractivity contribution in [2.75, 3.05) is 27.3 Å². The highest BCUT2D eigenvalue weighted by atomic mass is 16.5. The van der Waals surface area contributed by atoms with Gasteiger partial charge < -0.3 is 14.4 Å². The molecule has 0 aromatic heterocycles. The molecule has 5 nitrogen and oxygen atoms in total. The molecule has 0 atom stereocenters. The molecule has 0 aromatic rings. The van der Waals surface area contributed by atoms with Crippen LogP contribution >= 0.6 is 0 Å². The number of esters is 1. The van der Waals surface area contributed by atoms with Crippen LogP contribution in [0, 0.1) is 0 Å². The van der Waals surface area contributed by atoms with Gasteiger partial charge >= 0.3 is 12.1 Å². The fraction of sp³-hybridized carbons (Fsp3) is 0.895. The molecule has 1 amide bonds. The van der Waals surface area contributed by atoms with Gasteiger partial charge in [-0.05, 0) is 6.42 Å². The molecule has 0 radical (unpaired) electrons. The lowest BCUT2D eigenvalue weighted by Crippen LogP contribution is -2.32. The third-order valence-electron chi connectivity index (χ3n) is 4.11. The van der Waals surface area contributed by atoms with Crippen molar-refractivity contribution < 1.29 is 19.1 Å². The molecule has 0 saturated carbocycles. The van der Waals surface area contributed by atoms with Gasteiger partial charge in [-0.1, -0.05) is 77.6 Å². The number of ether oxygens (including phenoxy) is 2. The molecule has 0 bridgehead atoms. The van der Waals surface area contributed by atoms with Gasteiger partial charge in [0, 0.05) is 7.05 Å². The van der Waals surface area contributed by atoms with E-state index >= 15 is 0 Å². The van der Waals surface area contributed by atoms with E-state index in [0.717, 1.165) is 12.8 Å². The first-order chi connectivity index (χ1) is 11.6. The number of hydrogen-bond donors (Lipinski definition) is 0. The van der Waals surface area contributed by atoms with Gasteiger partial charge in [-0.15, -0.1) is 0 Å². The number of unbranched alkanes of at least 4 members (excludes halogenated alkanes) is 11. The van der Waals surface area contributed by atoms with Gasteiger partial charge in [0.15, 0.2) is 0 Å². The van der Waals surface area contributed by atoms with Crippen molar-refractivity contribution in [1.29, 1.82) is 0 Å². The number of likely N-dealkylation sites (N-methyl/N-ethyl adjacent to an activating group) is 1. The Bertz CT molecular complexity index is 320. The van der Waals surface area contributed by atoms with E-state index in [0.29, 0.717) is 6.61 Å². The molecule has 0 fully saturated rings. The van der Waals surface area contributed by atoms with E-state index < -0.39 is 6.09 Å². The highest BCUT2D eigenvalue weighted by Crippen LogP contribution is 2.11. The standard InChI is InChI=1S/C19H37NO4/c1-4-5-6-7-8-9-10-11-12-13-14-15-16-24-18(21)17-20(2)19(22)23-3/h4-17H2,1-3H3. The van der Waals surface area contributed by atoms with Crippen LogP contribution in [-0.2, 0) is 14.3 Å². The van der Waals surface area contributed by atoms with Gasteiger partial charge in [0.1, 0.15) is 6.54 Å². The zero-order chi connectivity index (χ0) is 18.0. The second kappa shape index (κ2) is 16.6. The van der Waals surface area contributed by atoms with Crippen LogP contribution in [0.2, 0.25) is 0 Å². The molecule has 24 heavy (non-hydrogen) atoms. The molecule has 5 heteroatoms. The van der Waals surface area contributed by atoms with E-state index in [1.165, 1.54) is 83.3 Å². The Morgan fingerprint density at radius 2 is 1.25 bits per heavy atom. The normalized spacial score (nSPS) is 10.5. The summed E-state index contributed by atoms with van der Waals surface area (Å²) < 4.78 is 9.63. The van der Waals surface area contributed by atoms with Crippen molar-refractivity contribution >= 4 is 12.1 Å². The van der Waals surface area contributed by atoms with Crippen LogP contribution in [-0.4, -0.2) is 44.3 Å². The third kappa shape index (κ3) is 14.3. The number of carbonyl (C=O) groups is 2. The van der Waals surface area contributed by atoms with Gasteiger partial charge in [-0.25, -0.2) is 4.79 Å². The van der Waals surface area contributed by atoms with Crippen molar-refractivity contribution in [3.05, 3.63) is 0 Å². The number of rotatable bonds is 15. The van der Waals surface area contributed by atoms with Gasteiger partial charge in [-0.3, -0.25) is 4.79 Å². The Morgan fingerprint density at radius 1 is 0.792 bits per heavy atom. The van der Waals surface area contributed by atoms with Crippen LogP contribution < -0.4 is 0 Å². The monoisotopic (exact) mass is 343 g/mol. The van der Waals surface area contributed by atoms with Crippen LogP contribution in [0.1, 0.15) is 84.0 Å². The smallest absolute Gasteiger partial charge is 0.409 e. The Morgan fingerprint density at radius 3 is 1.71 bits per heavy atom. The minimum absolute atomic E-state index is 0.0646. The molecule has 0 heterocycles. The summed E-state index contributed by atoms with van der Waals surface area (Å²) in [5.41, 5.74) is 0. The van der Waals surface area contributed by atoms with Crippen molar-refractivity contribution in [2.45, 2.75) is 84.0 Å². The summed E-state index contributed by atoms with van der Waals surface area (Å²) in [4.78, 5) is 23.8. The molecule has 0 rings (SSSR count). The van der Waals surface area contributed by atoms with Crippen LogP contribution in [0.4, 0.5) is 4.79 Å². The van der Waals surface area contributed by atoms with E-state index in [-0.39, 0.29) is 12.5 Å². The van der Waals surface area contributed by atoms with Gasteiger partial charge in [0.2, 0.25) is 0 Å². The topological polar surface area (TPSA) is 55.8 Å². The molecule has 0 N–H and O–H groups in total. The Balaban J connectivity index is 3.27. The average molecular weight is 344 g/mol. The summed E-state index contributed by atoms with van der Waals surface area (Å²) in [5.74, 6) is -0.383. The summed E-state index contributed by atoms with van der Waals surface area (Å²) >= 11 is 0. The zero-order valence-electron chi connectivity index (χ0n) is 16.0. The summed E-state index contributed by atoms with van der Waals surface area (Å²) in [6.07, 6.45) is 14.8. The number of carbonyl (C=O) groups excluding carboxylic acids is 2. The number of nitrogens with zero attached hydrogens (tertiary/aromatic N) is 1. The molecule has 0 saturated heterocycles. The summed E-state index contributed by atoms with van der Waals surface area (Å²) in [6.45, 7) is 2.62.